The van der Waals surface area contributed by atoms with Gasteiger partial charge in [0.1, 0.15) is 0 Å². The lowest BCUT2D eigenvalue weighted by atomic mass is 10.1. The Hall–Kier alpha value is -0.760. The SMILES string of the molecule is C=CCC(C)(C)OC/C=C(\C)N. The summed E-state index contributed by atoms with van der Waals surface area (Å²) in [6, 6.07) is 0. The van der Waals surface area contributed by atoms with Crippen molar-refractivity contribution < 1.29 is 4.74 Å². The Kier molecular flexibility index (Phi) is 4.67. The van der Waals surface area contributed by atoms with Gasteiger partial charge in [0.05, 0.1) is 12.2 Å². The average Bonchev–Trinajstić information content (AvgIpc) is 1.85. The van der Waals surface area contributed by atoms with E-state index >= 15 is 0 Å². The molecule has 0 aliphatic carbocycles. The molecule has 0 aliphatic heterocycles. The minimum Gasteiger partial charge on any atom is -0.402 e. The van der Waals surface area contributed by atoms with Crippen LogP contribution in [0.4, 0.5) is 0 Å². The van der Waals surface area contributed by atoms with E-state index in [9.17, 15) is 0 Å². The van der Waals surface area contributed by atoms with Crippen LogP contribution >= 0.6 is 0 Å². The van der Waals surface area contributed by atoms with Crippen molar-refractivity contribution in [3.05, 3.63) is 24.4 Å². The van der Waals surface area contributed by atoms with Gasteiger partial charge in [0, 0.05) is 5.70 Å². The van der Waals surface area contributed by atoms with Crippen LogP contribution in [0.2, 0.25) is 0 Å². The molecule has 12 heavy (non-hydrogen) atoms. The second kappa shape index (κ2) is 4.99. The lowest BCUT2D eigenvalue weighted by Gasteiger charge is -2.22. The third kappa shape index (κ3) is 5.98. The molecule has 0 aromatic rings. The molecule has 0 bridgehead atoms. The Morgan fingerprint density at radius 3 is 2.58 bits per heavy atom. The predicted molar refractivity (Wildman–Crippen MR) is 52.8 cm³/mol. The molecule has 0 atom stereocenters. The van der Waals surface area contributed by atoms with Gasteiger partial charge in [0.25, 0.3) is 0 Å². The first kappa shape index (κ1) is 11.2. The molecule has 0 aliphatic rings. The fraction of sp³-hybridized carbons (Fsp3) is 0.600. The van der Waals surface area contributed by atoms with Gasteiger partial charge in [-0.05, 0) is 33.3 Å². The highest BCUT2D eigenvalue weighted by molar-refractivity contribution is 4.92. The van der Waals surface area contributed by atoms with E-state index in [1.807, 2.05) is 32.9 Å². The zero-order valence-corrected chi connectivity index (χ0v) is 8.26. The van der Waals surface area contributed by atoms with E-state index < -0.39 is 0 Å². The van der Waals surface area contributed by atoms with Crippen molar-refractivity contribution in [1.82, 2.24) is 0 Å². The molecule has 0 rings (SSSR count). The Morgan fingerprint density at radius 1 is 1.58 bits per heavy atom. The van der Waals surface area contributed by atoms with Crippen LogP contribution < -0.4 is 5.73 Å². The molecular formula is C10H19NO. The fourth-order valence-corrected chi connectivity index (χ4v) is 0.805. The number of hydrogen-bond donors (Lipinski definition) is 1. The number of nitrogens with two attached hydrogens (primary N) is 1. The molecule has 0 unspecified atom stereocenters. The summed E-state index contributed by atoms with van der Waals surface area (Å²) in [5.74, 6) is 0. The highest BCUT2D eigenvalue weighted by Gasteiger charge is 2.14. The van der Waals surface area contributed by atoms with Gasteiger partial charge >= 0.3 is 0 Å². The molecule has 0 radical (unpaired) electrons. The Bertz CT molecular complexity index is 167. The summed E-state index contributed by atoms with van der Waals surface area (Å²) in [6.07, 6.45) is 4.58. The Morgan fingerprint density at radius 2 is 2.17 bits per heavy atom. The fourth-order valence-electron chi connectivity index (χ4n) is 0.805. The molecular weight excluding hydrogens is 150 g/mol. The lowest BCUT2D eigenvalue weighted by Crippen LogP contribution is -2.23. The normalized spacial score (nSPS) is 13.1. The second-order valence-electron chi connectivity index (χ2n) is 3.51. The predicted octanol–water partition coefficient (Wildman–Crippen LogP) is 2.22. The van der Waals surface area contributed by atoms with Crippen LogP contribution in [-0.4, -0.2) is 12.2 Å². The third-order valence-corrected chi connectivity index (χ3v) is 1.52. The van der Waals surface area contributed by atoms with Crippen molar-refractivity contribution >= 4 is 0 Å². The van der Waals surface area contributed by atoms with E-state index in [0.29, 0.717) is 6.61 Å². The maximum absolute atomic E-state index is 5.55. The standard InChI is InChI=1S/C10H19NO/c1-5-7-10(3,4)12-8-6-9(2)11/h5-6H,1,7-8,11H2,2-4H3/b9-6+. The van der Waals surface area contributed by atoms with E-state index in [2.05, 4.69) is 6.58 Å². The maximum Gasteiger partial charge on any atom is 0.0674 e. The van der Waals surface area contributed by atoms with Gasteiger partial charge < -0.3 is 10.5 Å². The number of rotatable bonds is 5. The quantitative estimate of drug-likeness (QED) is 0.640. The minimum absolute atomic E-state index is 0.131. The average molecular weight is 169 g/mol. The Balaban J connectivity index is 3.75. The molecule has 70 valence electrons. The summed E-state index contributed by atoms with van der Waals surface area (Å²) < 4.78 is 5.55. The van der Waals surface area contributed by atoms with Crippen LogP contribution in [0.1, 0.15) is 27.2 Å². The first-order valence-corrected chi connectivity index (χ1v) is 4.15. The van der Waals surface area contributed by atoms with Crippen molar-refractivity contribution in [3.63, 3.8) is 0 Å². The first-order valence-electron chi connectivity index (χ1n) is 4.15. The summed E-state index contributed by atoms with van der Waals surface area (Å²) in [7, 11) is 0. The molecule has 0 saturated heterocycles. The molecule has 0 fully saturated rings. The van der Waals surface area contributed by atoms with E-state index in [4.69, 9.17) is 10.5 Å². The van der Waals surface area contributed by atoms with E-state index in [-0.39, 0.29) is 5.60 Å². The summed E-state index contributed by atoms with van der Waals surface area (Å²) >= 11 is 0. The molecule has 2 N–H and O–H groups in total. The summed E-state index contributed by atoms with van der Waals surface area (Å²) in [4.78, 5) is 0. The monoisotopic (exact) mass is 169 g/mol. The smallest absolute Gasteiger partial charge is 0.0674 e. The molecule has 2 nitrogen and oxygen atoms in total. The van der Waals surface area contributed by atoms with Gasteiger partial charge in [-0.25, -0.2) is 0 Å². The number of allylic oxidation sites excluding steroid dienone is 1. The molecule has 0 heterocycles. The summed E-state index contributed by atoms with van der Waals surface area (Å²) in [6.45, 7) is 10.2. The van der Waals surface area contributed by atoms with Crippen molar-refractivity contribution in [3.8, 4) is 0 Å². The first-order chi connectivity index (χ1) is 5.48. The lowest BCUT2D eigenvalue weighted by molar-refractivity contribution is 0.00170. The highest BCUT2D eigenvalue weighted by atomic mass is 16.5. The van der Waals surface area contributed by atoms with Gasteiger partial charge in [-0.2, -0.15) is 0 Å². The van der Waals surface area contributed by atoms with Gasteiger partial charge in [0.2, 0.25) is 0 Å². The molecule has 0 aromatic carbocycles. The summed E-state index contributed by atoms with van der Waals surface area (Å²) in [5, 5.41) is 0. The van der Waals surface area contributed by atoms with E-state index in [0.717, 1.165) is 12.1 Å². The molecule has 2 heteroatoms. The second-order valence-corrected chi connectivity index (χ2v) is 3.51. The van der Waals surface area contributed by atoms with Gasteiger partial charge in [-0.15, -0.1) is 6.58 Å². The maximum atomic E-state index is 5.55. The van der Waals surface area contributed by atoms with Gasteiger partial charge in [-0.3, -0.25) is 0 Å². The summed E-state index contributed by atoms with van der Waals surface area (Å²) in [5.41, 5.74) is 6.12. The van der Waals surface area contributed by atoms with Crippen LogP contribution in [0.3, 0.4) is 0 Å². The van der Waals surface area contributed by atoms with Crippen LogP contribution in [0, 0.1) is 0 Å². The van der Waals surface area contributed by atoms with Gasteiger partial charge in [0.15, 0.2) is 0 Å². The molecule has 0 saturated carbocycles. The zero-order chi connectivity index (χ0) is 9.61. The van der Waals surface area contributed by atoms with E-state index in [1.54, 1.807) is 0 Å². The van der Waals surface area contributed by atoms with Crippen molar-refractivity contribution in [2.24, 2.45) is 5.73 Å². The van der Waals surface area contributed by atoms with Crippen molar-refractivity contribution in [2.75, 3.05) is 6.61 Å². The van der Waals surface area contributed by atoms with Crippen molar-refractivity contribution in [2.45, 2.75) is 32.8 Å². The number of hydrogen-bond acceptors (Lipinski definition) is 2. The van der Waals surface area contributed by atoms with Crippen molar-refractivity contribution in [1.29, 1.82) is 0 Å². The largest absolute Gasteiger partial charge is 0.402 e. The van der Waals surface area contributed by atoms with Crippen LogP contribution in [-0.2, 0) is 4.74 Å². The Labute approximate surface area is 75.1 Å². The van der Waals surface area contributed by atoms with Crippen LogP contribution in [0.25, 0.3) is 0 Å². The minimum atomic E-state index is -0.131. The molecule has 0 spiro atoms. The third-order valence-electron chi connectivity index (χ3n) is 1.52. The number of ether oxygens (including phenoxy) is 1. The highest BCUT2D eigenvalue weighted by Crippen LogP contribution is 2.14. The van der Waals surface area contributed by atoms with Crippen LogP contribution in [0.5, 0.6) is 0 Å². The topological polar surface area (TPSA) is 35.2 Å². The van der Waals surface area contributed by atoms with Crippen LogP contribution in [0.15, 0.2) is 24.4 Å². The van der Waals surface area contributed by atoms with E-state index in [1.165, 1.54) is 0 Å². The molecule has 0 amide bonds. The van der Waals surface area contributed by atoms with Gasteiger partial charge in [-0.1, -0.05) is 6.08 Å². The molecule has 0 aromatic heterocycles. The zero-order valence-electron chi connectivity index (χ0n) is 8.26.